The maximum absolute atomic E-state index is 12.4. The molecule has 5 nitrogen and oxygen atoms in total. The van der Waals surface area contributed by atoms with E-state index in [2.05, 4.69) is 0 Å². The first kappa shape index (κ1) is 13.6. The van der Waals surface area contributed by atoms with Crippen LogP contribution in [0.1, 0.15) is 5.56 Å². The summed E-state index contributed by atoms with van der Waals surface area (Å²) in [6.07, 6.45) is -4.51. The Hall–Kier alpha value is -2.38. The van der Waals surface area contributed by atoms with Crippen LogP contribution >= 0.6 is 0 Å². The van der Waals surface area contributed by atoms with Crippen molar-refractivity contribution in [2.75, 3.05) is 4.90 Å². The largest absolute Gasteiger partial charge is 0.481 e. The lowest BCUT2D eigenvalue weighted by Crippen LogP contribution is -2.35. The number of piperidine rings is 1. The van der Waals surface area contributed by atoms with Gasteiger partial charge in [-0.25, -0.2) is 0 Å². The molecule has 1 aromatic carbocycles. The Morgan fingerprint density at radius 3 is 1.90 bits per heavy atom. The Bertz CT molecular complexity index is 630. The minimum Gasteiger partial charge on any atom is -0.481 e. The smallest absolute Gasteiger partial charge is 0.416 e. The van der Waals surface area contributed by atoms with Crippen LogP contribution in [0.15, 0.2) is 24.3 Å². The van der Waals surface area contributed by atoms with Gasteiger partial charge in [-0.15, -0.1) is 0 Å². The van der Waals surface area contributed by atoms with Crippen molar-refractivity contribution in [1.29, 1.82) is 0 Å². The molecule has 2 fully saturated rings. The van der Waals surface area contributed by atoms with Crippen molar-refractivity contribution in [1.82, 2.24) is 0 Å². The van der Waals surface area contributed by atoms with Gasteiger partial charge in [-0.05, 0) is 24.3 Å². The molecule has 21 heavy (non-hydrogen) atoms. The number of carbonyl (C=O) groups is 3. The monoisotopic (exact) mass is 299 g/mol. The van der Waals surface area contributed by atoms with Crippen LogP contribution in [0.5, 0.6) is 0 Å². The first-order valence-electron chi connectivity index (χ1n) is 6.01. The van der Waals surface area contributed by atoms with Crippen LogP contribution in [-0.2, 0) is 20.6 Å². The van der Waals surface area contributed by atoms with E-state index >= 15 is 0 Å². The van der Waals surface area contributed by atoms with Crippen molar-refractivity contribution in [3.63, 3.8) is 0 Å². The third kappa shape index (κ3) is 1.90. The van der Waals surface area contributed by atoms with Crippen molar-refractivity contribution in [2.45, 2.75) is 6.18 Å². The van der Waals surface area contributed by atoms with E-state index < -0.39 is 47.3 Å². The zero-order valence-corrected chi connectivity index (χ0v) is 10.3. The van der Waals surface area contributed by atoms with Gasteiger partial charge in [-0.3, -0.25) is 19.3 Å². The van der Waals surface area contributed by atoms with E-state index in [0.717, 1.165) is 29.2 Å². The van der Waals surface area contributed by atoms with Gasteiger partial charge in [0.1, 0.15) is 0 Å². The van der Waals surface area contributed by atoms with Crippen molar-refractivity contribution in [3.8, 4) is 0 Å². The number of hydrogen-bond donors (Lipinski definition) is 1. The van der Waals surface area contributed by atoms with E-state index in [1.165, 1.54) is 0 Å². The molecule has 0 bridgehead atoms. The summed E-state index contributed by atoms with van der Waals surface area (Å²) in [7, 11) is 0. The first-order chi connectivity index (χ1) is 9.73. The zero-order valence-electron chi connectivity index (χ0n) is 10.3. The van der Waals surface area contributed by atoms with Crippen molar-refractivity contribution < 1.29 is 32.7 Å². The molecule has 1 N–H and O–H groups in total. The number of alkyl halides is 3. The summed E-state index contributed by atoms with van der Waals surface area (Å²) in [6, 6.07) is 3.60. The number of fused-ring (bicyclic) bond motifs is 1. The van der Waals surface area contributed by atoms with Gasteiger partial charge in [0, 0.05) is 0 Å². The van der Waals surface area contributed by atoms with Gasteiger partial charge in [0.25, 0.3) is 0 Å². The predicted molar refractivity (Wildman–Crippen MR) is 62.0 cm³/mol. The van der Waals surface area contributed by atoms with Gasteiger partial charge in [0.05, 0.1) is 29.0 Å². The standard InChI is InChI=1S/C13H8F3NO4/c14-13(15,16)5-1-3-6(4-2-5)17-10(18)7-8(11(17)19)9(7)12(20)21/h1-4,7-9H,(H,20,21). The SMILES string of the molecule is O=C(O)C1C2C(=O)N(c3ccc(C(F)(F)F)cc3)C(=O)C12. The second-order valence-electron chi connectivity index (χ2n) is 4.97. The van der Waals surface area contributed by atoms with Gasteiger partial charge in [0.2, 0.25) is 11.8 Å². The summed E-state index contributed by atoms with van der Waals surface area (Å²) in [5.74, 6) is -5.33. The fourth-order valence-electron chi connectivity index (χ4n) is 2.69. The molecule has 3 rings (SSSR count). The number of amides is 2. The van der Waals surface area contributed by atoms with Crippen molar-refractivity contribution >= 4 is 23.5 Å². The molecule has 0 aromatic heterocycles. The molecule has 1 aliphatic carbocycles. The molecule has 1 saturated heterocycles. The second-order valence-corrected chi connectivity index (χ2v) is 4.97. The van der Waals surface area contributed by atoms with Crippen LogP contribution in [0.4, 0.5) is 18.9 Å². The van der Waals surface area contributed by atoms with Crippen LogP contribution in [0.25, 0.3) is 0 Å². The number of nitrogens with zero attached hydrogens (tertiary/aromatic N) is 1. The van der Waals surface area contributed by atoms with Crippen LogP contribution in [-0.4, -0.2) is 22.9 Å². The fraction of sp³-hybridized carbons (Fsp3) is 0.308. The Morgan fingerprint density at radius 1 is 1.05 bits per heavy atom. The highest BCUT2D eigenvalue weighted by molar-refractivity contribution is 6.27. The molecule has 1 saturated carbocycles. The molecule has 8 heteroatoms. The lowest BCUT2D eigenvalue weighted by atomic mass is 10.1. The van der Waals surface area contributed by atoms with E-state index in [1.54, 1.807) is 0 Å². The van der Waals surface area contributed by atoms with E-state index in [9.17, 15) is 27.6 Å². The summed E-state index contributed by atoms with van der Waals surface area (Å²) in [5.41, 5.74) is -0.867. The lowest BCUT2D eigenvalue weighted by Gasteiger charge is -2.18. The molecule has 0 spiro atoms. The number of anilines is 1. The van der Waals surface area contributed by atoms with Crippen LogP contribution in [0.2, 0.25) is 0 Å². The van der Waals surface area contributed by atoms with Crippen LogP contribution < -0.4 is 4.90 Å². The quantitative estimate of drug-likeness (QED) is 0.840. The molecule has 0 radical (unpaired) electrons. The molecule has 2 unspecified atom stereocenters. The molecule has 2 aliphatic rings. The minimum absolute atomic E-state index is 0.0225. The number of carboxylic acid groups (broad SMARTS) is 1. The summed E-state index contributed by atoms with van der Waals surface area (Å²) >= 11 is 0. The molecule has 1 heterocycles. The Balaban J connectivity index is 1.85. The Labute approximate surface area is 116 Å². The van der Waals surface area contributed by atoms with Gasteiger partial charge < -0.3 is 5.11 Å². The average Bonchev–Trinajstić information content (AvgIpc) is 3.08. The van der Waals surface area contributed by atoms with Gasteiger partial charge in [-0.1, -0.05) is 0 Å². The van der Waals surface area contributed by atoms with E-state index in [-0.39, 0.29) is 5.69 Å². The number of imide groups is 1. The highest BCUT2D eigenvalue weighted by Gasteiger charge is 2.70. The normalized spacial score (nSPS) is 27.8. The first-order valence-corrected chi connectivity index (χ1v) is 6.01. The molecule has 110 valence electrons. The summed E-state index contributed by atoms with van der Waals surface area (Å²) in [4.78, 5) is 35.5. The number of carboxylic acids is 1. The summed E-state index contributed by atoms with van der Waals surface area (Å²) in [6.45, 7) is 0. The maximum Gasteiger partial charge on any atom is 0.416 e. The van der Waals surface area contributed by atoms with Crippen molar-refractivity contribution in [2.24, 2.45) is 17.8 Å². The number of hydrogen-bond acceptors (Lipinski definition) is 3. The average molecular weight is 299 g/mol. The highest BCUT2D eigenvalue weighted by Crippen LogP contribution is 2.54. The van der Waals surface area contributed by atoms with Crippen molar-refractivity contribution in [3.05, 3.63) is 29.8 Å². The third-order valence-corrected chi connectivity index (χ3v) is 3.77. The summed E-state index contributed by atoms with van der Waals surface area (Å²) < 4.78 is 37.3. The number of halogens is 3. The van der Waals surface area contributed by atoms with E-state index in [0.29, 0.717) is 0 Å². The Kier molecular flexibility index (Phi) is 2.63. The number of aliphatic carboxylic acids is 1. The second kappa shape index (κ2) is 4.06. The molecular weight excluding hydrogens is 291 g/mol. The minimum atomic E-state index is -4.51. The lowest BCUT2D eigenvalue weighted by molar-refractivity contribution is -0.142. The van der Waals surface area contributed by atoms with E-state index in [1.807, 2.05) is 0 Å². The van der Waals surface area contributed by atoms with E-state index in [4.69, 9.17) is 5.11 Å². The van der Waals surface area contributed by atoms with Crippen LogP contribution in [0.3, 0.4) is 0 Å². The molecule has 1 aromatic rings. The topological polar surface area (TPSA) is 74.7 Å². The third-order valence-electron chi connectivity index (χ3n) is 3.77. The highest BCUT2D eigenvalue weighted by atomic mass is 19.4. The molecule has 2 amide bonds. The van der Waals surface area contributed by atoms with Gasteiger partial charge >= 0.3 is 12.1 Å². The van der Waals surface area contributed by atoms with Gasteiger partial charge in [-0.2, -0.15) is 13.2 Å². The molecular formula is C13H8F3NO4. The zero-order chi connectivity index (χ0) is 15.5. The Morgan fingerprint density at radius 2 is 1.52 bits per heavy atom. The number of rotatable bonds is 2. The molecule has 1 aliphatic heterocycles. The molecule has 2 atom stereocenters. The number of benzene rings is 1. The van der Waals surface area contributed by atoms with Crippen LogP contribution in [0, 0.1) is 17.8 Å². The van der Waals surface area contributed by atoms with Gasteiger partial charge in [0.15, 0.2) is 0 Å². The fourth-order valence-corrected chi connectivity index (χ4v) is 2.69. The summed E-state index contributed by atoms with van der Waals surface area (Å²) in [5, 5.41) is 8.83. The maximum atomic E-state index is 12.4. The predicted octanol–water partition coefficient (Wildman–Crippen LogP) is 1.53. The number of carbonyl (C=O) groups excluding carboxylic acids is 2.